The Hall–Kier alpha value is -2.66. The Labute approximate surface area is 185 Å². The third-order valence-electron chi connectivity index (χ3n) is 6.36. The maximum Gasteiger partial charge on any atom is 0.165 e. The van der Waals surface area contributed by atoms with Crippen molar-refractivity contribution in [2.45, 2.75) is 66.8 Å². The number of nitrogens with zero attached hydrogens (tertiary/aromatic N) is 4. The number of benzene rings is 1. The van der Waals surface area contributed by atoms with Gasteiger partial charge in [-0.1, -0.05) is 37.5 Å². The fourth-order valence-corrected chi connectivity index (χ4v) is 5.03. The smallest absolute Gasteiger partial charge is 0.165 e. The number of ether oxygens (including phenoxy) is 1. The van der Waals surface area contributed by atoms with E-state index in [4.69, 9.17) is 14.8 Å². The molecule has 0 saturated carbocycles. The number of rotatable bonds is 7. The lowest BCUT2D eigenvalue weighted by Gasteiger charge is -2.19. The second kappa shape index (κ2) is 8.46. The lowest BCUT2D eigenvalue weighted by molar-refractivity contribution is 0.151. The largest absolute Gasteiger partial charge is 0.383 e. The quantitative estimate of drug-likeness (QED) is 0.355. The molecule has 0 fully saturated rings. The van der Waals surface area contributed by atoms with Crippen molar-refractivity contribution in [2.75, 3.05) is 13.7 Å². The topological polar surface area (TPSA) is 44.3 Å². The van der Waals surface area contributed by atoms with Gasteiger partial charge in [0.05, 0.1) is 29.6 Å². The summed E-state index contributed by atoms with van der Waals surface area (Å²) in [5.41, 5.74) is 10.3. The van der Waals surface area contributed by atoms with Crippen LogP contribution in [0.25, 0.3) is 27.8 Å². The number of hydrogen-bond acceptors (Lipinski definition) is 3. The van der Waals surface area contributed by atoms with E-state index >= 15 is 0 Å². The number of aromatic nitrogens is 4. The van der Waals surface area contributed by atoms with Crippen LogP contribution in [0.4, 0.5) is 0 Å². The van der Waals surface area contributed by atoms with Gasteiger partial charge in [-0.15, -0.1) is 0 Å². The van der Waals surface area contributed by atoms with E-state index in [0.717, 1.165) is 40.1 Å². The highest BCUT2D eigenvalue weighted by atomic mass is 16.5. The van der Waals surface area contributed by atoms with Gasteiger partial charge in [0.15, 0.2) is 5.65 Å². The third-order valence-corrected chi connectivity index (χ3v) is 6.36. The molecule has 0 aliphatic heterocycles. The lowest BCUT2D eigenvalue weighted by Crippen LogP contribution is -2.15. The molecule has 0 bridgehead atoms. The van der Waals surface area contributed by atoms with Crippen LogP contribution in [0.5, 0.6) is 0 Å². The molecule has 1 aromatic carbocycles. The number of fused-ring (bicyclic) bond motifs is 3. The molecule has 5 nitrogen and oxygen atoms in total. The second-order valence-electron chi connectivity index (χ2n) is 8.88. The zero-order valence-electron chi connectivity index (χ0n) is 19.9. The summed E-state index contributed by atoms with van der Waals surface area (Å²) in [5, 5.41) is 6.16. The summed E-state index contributed by atoms with van der Waals surface area (Å²) in [5.74, 6) is 0. The first kappa shape index (κ1) is 21.6. The predicted molar refractivity (Wildman–Crippen MR) is 128 cm³/mol. The van der Waals surface area contributed by atoms with Crippen LogP contribution in [0.1, 0.15) is 60.3 Å². The first-order valence-electron chi connectivity index (χ1n) is 11.3. The molecule has 5 heteroatoms. The van der Waals surface area contributed by atoms with Crippen molar-refractivity contribution >= 4 is 16.7 Å². The predicted octanol–water partition coefficient (Wildman–Crippen LogP) is 6.27. The molecule has 3 heterocycles. The molecule has 164 valence electrons. The minimum Gasteiger partial charge on any atom is -0.383 e. The van der Waals surface area contributed by atoms with Gasteiger partial charge < -0.3 is 9.30 Å². The molecular weight excluding hydrogens is 384 g/mol. The molecular formula is C26H34N4O. The normalized spacial score (nSPS) is 12.9. The Morgan fingerprint density at radius 3 is 2.35 bits per heavy atom. The van der Waals surface area contributed by atoms with Gasteiger partial charge in [-0.25, -0.2) is 4.98 Å². The molecule has 0 radical (unpaired) electrons. The molecule has 1 unspecified atom stereocenters. The maximum atomic E-state index is 5.59. The first-order chi connectivity index (χ1) is 14.9. The average molecular weight is 419 g/mol. The molecule has 0 saturated heterocycles. The molecule has 0 aliphatic rings. The molecule has 3 aromatic heterocycles. The molecule has 0 amide bonds. The number of unbranched alkanes of at least 4 members (excludes halogenated alkanes) is 1. The zero-order valence-corrected chi connectivity index (χ0v) is 19.9. The van der Waals surface area contributed by atoms with Gasteiger partial charge in [-0.3, -0.25) is 0 Å². The summed E-state index contributed by atoms with van der Waals surface area (Å²) >= 11 is 0. The van der Waals surface area contributed by atoms with Crippen LogP contribution >= 0.6 is 0 Å². The van der Waals surface area contributed by atoms with E-state index in [9.17, 15) is 0 Å². The van der Waals surface area contributed by atoms with Gasteiger partial charge >= 0.3 is 0 Å². The lowest BCUT2D eigenvalue weighted by atomic mass is 9.94. The SMILES string of the molecule is CCCCC(COC)n1ccc2c(C)nc3c(-c4c(C)cc(C)cc4C)c(C)nn3c21. The van der Waals surface area contributed by atoms with E-state index in [1.807, 2.05) is 0 Å². The van der Waals surface area contributed by atoms with Crippen molar-refractivity contribution in [1.82, 2.24) is 19.2 Å². The highest BCUT2D eigenvalue weighted by molar-refractivity contribution is 5.89. The van der Waals surface area contributed by atoms with Gasteiger partial charge in [-0.05, 0) is 63.8 Å². The van der Waals surface area contributed by atoms with Crippen molar-refractivity contribution < 1.29 is 4.74 Å². The van der Waals surface area contributed by atoms with Gasteiger partial charge in [0.25, 0.3) is 0 Å². The van der Waals surface area contributed by atoms with Crippen LogP contribution in [0, 0.1) is 34.6 Å². The monoisotopic (exact) mass is 418 g/mol. The summed E-state index contributed by atoms with van der Waals surface area (Å²) < 4.78 is 10.00. The van der Waals surface area contributed by atoms with Crippen molar-refractivity contribution in [1.29, 1.82) is 0 Å². The van der Waals surface area contributed by atoms with E-state index in [0.29, 0.717) is 6.61 Å². The zero-order chi connectivity index (χ0) is 22.3. The van der Waals surface area contributed by atoms with Crippen LogP contribution < -0.4 is 0 Å². The average Bonchev–Trinajstić information content (AvgIpc) is 3.27. The fourth-order valence-electron chi connectivity index (χ4n) is 5.03. The Morgan fingerprint density at radius 1 is 1.00 bits per heavy atom. The highest BCUT2D eigenvalue weighted by Crippen LogP contribution is 2.36. The molecule has 0 spiro atoms. The summed E-state index contributed by atoms with van der Waals surface area (Å²) in [7, 11) is 1.78. The molecule has 0 aliphatic carbocycles. The minimum absolute atomic E-state index is 0.281. The van der Waals surface area contributed by atoms with Gasteiger partial charge in [0.1, 0.15) is 5.65 Å². The Bertz CT molecular complexity index is 1220. The van der Waals surface area contributed by atoms with Gasteiger partial charge in [-0.2, -0.15) is 9.61 Å². The van der Waals surface area contributed by atoms with Crippen molar-refractivity contribution in [3.05, 3.63) is 52.5 Å². The van der Waals surface area contributed by atoms with Crippen molar-refractivity contribution in [2.24, 2.45) is 0 Å². The number of aryl methyl sites for hydroxylation is 5. The highest BCUT2D eigenvalue weighted by Gasteiger charge is 2.23. The Kier molecular flexibility index (Phi) is 5.89. The fraction of sp³-hybridized carbons (Fsp3) is 0.462. The molecule has 4 rings (SSSR count). The van der Waals surface area contributed by atoms with Crippen molar-refractivity contribution in [3.63, 3.8) is 0 Å². The van der Waals surface area contributed by atoms with Gasteiger partial charge in [0, 0.05) is 18.7 Å². The minimum atomic E-state index is 0.281. The Balaban J connectivity index is 2.02. The van der Waals surface area contributed by atoms with Crippen LogP contribution in [0.15, 0.2) is 24.4 Å². The summed E-state index contributed by atoms with van der Waals surface area (Å²) in [6.07, 6.45) is 5.61. The first-order valence-corrected chi connectivity index (χ1v) is 11.3. The molecule has 0 N–H and O–H groups in total. The summed E-state index contributed by atoms with van der Waals surface area (Å²) in [4.78, 5) is 5.04. The number of methoxy groups -OCH3 is 1. The van der Waals surface area contributed by atoms with Crippen molar-refractivity contribution in [3.8, 4) is 11.1 Å². The summed E-state index contributed by atoms with van der Waals surface area (Å²) in [6.45, 7) is 13.6. The standard InChI is InChI=1S/C26H34N4O/c1-8-9-10-21(15-31-7)29-12-11-22-19(5)27-25-24(20(6)28-30(25)26(22)29)23-17(3)13-16(2)14-18(23)4/h11-14,21H,8-10,15H2,1-7H3. The van der Waals surface area contributed by atoms with Gasteiger partial charge in [0.2, 0.25) is 0 Å². The van der Waals surface area contributed by atoms with Crippen LogP contribution in [0.3, 0.4) is 0 Å². The van der Waals surface area contributed by atoms with Crippen LogP contribution in [-0.2, 0) is 4.74 Å². The molecule has 4 aromatic rings. The molecule has 1 atom stereocenters. The Morgan fingerprint density at radius 2 is 1.71 bits per heavy atom. The second-order valence-corrected chi connectivity index (χ2v) is 8.88. The number of hydrogen-bond donors (Lipinski definition) is 0. The van der Waals surface area contributed by atoms with E-state index in [2.05, 4.69) is 75.0 Å². The summed E-state index contributed by atoms with van der Waals surface area (Å²) in [6, 6.07) is 6.95. The van der Waals surface area contributed by atoms with E-state index in [1.165, 1.54) is 35.1 Å². The van der Waals surface area contributed by atoms with Crippen LogP contribution in [-0.4, -0.2) is 32.9 Å². The van der Waals surface area contributed by atoms with E-state index in [-0.39, 0.29) is 6.04 Å². The van der Waals surface area contributed by atoms with E-state index < -0.39 is 0 Å². The van der Waals surface area contributed by atoms with E-state index in [1.54, 1.807) is 7.11 Å². The maximum absolute atomic E-state index is 5.59. The third kappa shape index (κ3) is 3.65. The van der Waals surface area contributed by atoms with Crippen LogP contribution in [0.2, 0.25) is 0 Å². The molecule has 31 heavy (non-hydrogen) atoms.